The van der Waals surface area contributed by atoms with E-state index in [4.69, 9.17) is 0 Å². The number of aliphatic imine (C=N–C) groups is 1. The summed E-state index contributed by atoms with van der Waals surface area (Å²) in [4.78, 5) is 14.4. The number of benzene rings is 1. The van der Waals surface area contributed by atoms with Gasteiger partial charge >= 0.3 is 0 Å². The van der Waals surface area contributed by atoms with Gasteiger partial charge in [-0.15, -0.1) is 0 Å². The molecule has 1 atom stereocenters. The monoisotopic (exact) mass is 199 g/mol. The molecule has 1 aromatic carbocycles. The van der Waals surface area contributed by atoms with Crippen LogP contribution in [0.5, 0.6) is 0 Å². The second kappa shape index (κ2) is 3.04. The predicted octanol–water partition coefficient (Wildman–Crippen LogP) is 2.80. The Balaban J connectivity index is 2.28. The maximum absolute atomic E-state index is 10.5. The van der Waals surface area contributed by atoms with Crippen molar-refractivity contribution in [2.24, 2.45) is 4.99 Å². The number of nitrogens with zero attached hydrogens (tertiary/aromatic N) is 1. The minimum Gasteiger partial charge on any atom is -0.211 e. The van der Waals surface area contributed by atoms with E-state index in [0.717, 1.165) is 24.9 Å². The Morgan fingerprint density at radius 3 is 3.00 bits per heavy atom. The maximum atomic E-state index is 10.5. The molecule has 0 saturated carbocycles. The summed E-state index contributed by atoms with van der Waals surface area (Å²) in [7, 11) is 0. The van der Waals surface area contributed by atoms with Gasteiger partial charge in [0.2, 0.25) is 6.08 Å². The number of carbonyl (C=O) groups excluding carboxylic acids is 1. The summed E-state index contributed by atoms with van der Waals surface area (Å²) in [6, 6.07) is 2.32. The molecule has 0 saturated heterocycles. The number of hydrogen-bond donors (Lipinski definition) is 0. The highest BCUT2D eigenvalue weighted by Crippen LogP contribution is 2.46. The lowest BCUT2D eigenvalue weighted by atomic mass is 9.75. The zero-order chi connectivity index (χ0) is 10.4. The Morgan fingerprint density at radius 2 is 2.27 bits per heavy atom. The van der Waals surface area contributed by atoms with Gasteiger partial charge in [-0.3, -0.25) is 0 Å². The number of hydrogen-bond acceptors (Lipinski definition) is 2. The summed E-state index contributed by atoms with van der Waals surface area (Å²) < 4.78 is 0. The summed E-state index contributed by atoms with van der Waals surface area (Å²) in [6.45, 7) is 2.20. The second-order valence-corrected chi connectivity index (χ2v) is 4.60. The Labute approximate surface area is 89.0 Å². The van der Waals surface area contributed by atoms with Crippen LogP contribution in [0, 0.1) is 0 Å². The number of aryl methyl sites for hydroxylation is 1. The van der Waals surface area contributed by atoms with Crippen LogP contribution in [0.1, 0.15) is 41.5 Å². The van der Waals surface area contributed by atoms with E-state index < -0.39 is 0 Å². The molecule has 0 N–H and O–H groups in total. The smallest absolute Gasteiger partial charge is 0.211 e. The Bertz CT molecular complexity index is 480. The average molecular weight is 199 g/mol. The quantitative estimate of drug-likeness (QED) is 0.505. The molecule has 0 spiro atoms. The Hall–Kier alpha value is -1.40. The van der Waals surface area contributed by atoms with E-state index in [9.17, 15) is 4.79 Å². The first-order chi connectivity index (χ1) is 7.31. The van der Waals surface area contributed by atoms with Crippen LogP contribution >= 0.6 is 0 Å². The lowest BCUT2D eigenvalue weighted by Gasteiger charge is -2.30. The third kappa shape index (κ3) is 1.12. The molecule has 2 aliphatic carbocycles. The molecular formula is C13H13NO. The van der Waals surface area contributed by atoms with Crippen molar-refractivity contribution in [1.82, 2.24) is 0 Å². The highest BCUT2D eigenvalue weighted by Gasteiger charge is 2.30. The lowest BCUT2D eigenvalue weighted by Crippen LogP contribution is -2.15. The molecule has 2 heteroatoms. The van der Waals surface area contributed by atoms with E-state index in [2.05, 4.69) is 18.0 Å². The molecule has 0 aliphatic heterocycles. The molecule has 0 amide bonds. The van der Waals surface area contributed by atoms with Crippen molar-refractivity contribution in [2.45, 2.75) is 38.5 Å². The molecule has 1 aromatic rings. The SMILES string of the molecule is C[C@H]1Cc2cc3c(c(N=C=O)c21)CCC3. The normalized spacial score (nSPS) is 21.3. The molecule has 76 valence electrons. The summed E-state index contributed by atoms with van der Waals surface area (Å²) in [6.07, 6.45) is 6.29. The van der Waals surface area contributed by atoms with Gasteiger partial charge in [0.05, 0.1) is 5.69 Å². The van der Waals surface area contributed by atoms with Crippen molar-refractivity contribution in [3.63, 3.8) is 0 Å². The molecule has 3 rings (SSSR count). The summed E-state index contributed by atoms with van der Waals surface area (Å²) in [5.41, 5.74) is 6.38. The van der Waals surface area contributed by atoms with Gasteiger partial charge in [-0.25, -0.2) is 4.79 Å². The van der Waals surface area contributed by atoms with Gasteiger partial charge < -0.3 is 0 Å². The van der Waals surface area contributed by atoms with Crippen LogP contribution in [0.2, 0.25) is 0 Å². The summed E-state index contributed by atoms with van der Waals surface area (Å²) in [5, 5.41) is 0. The molecule has 0 unspecified atom stereocenters. The van der Waals surface area contributed by atoms with Gasteiger partial charge in [-0.1, -0.05) is 13.0 Å². The van der Waals surface area contributed by atoms with E-state index >= 15 is 0 Å². The van der Waals surface area contributed by atoms with Crippen LogP contribution in [0.25, 0.3) is 0 Å². The highest BCUT2D eigenvalue weighted by molar-refractivity contribution is 5.68. The minimum atomic E-state index is 0.568. The first-order valence-corrected chi connectivity index (χ1v) is 5.56. The highest BCUT2D eigenvalue weighted by atomic mass is 16.1. The third-order valence-corrected chi connectivity index (χ3v) is 3.67. The molecule has 15 heavy (non-hydrogen) atoms. The molecule has 2 aliphatic rings. The fourth-order valence-corrected chi connectivity index (χ4v) is 2.99. The second-order valence-electron chi connectivity index (χ2n) is 4.60. The lowest BCUT2D eigenvalue weighted by molar-refractivity contribution is 0.565. The molecule has 0 aromatic heterocycles. The van der Waals surface area contributed by atoms with Crippen LogP contribution < -0.4 is 0 Å². The average Bonchev–Trinajstić information content (AvgIpc) is 2.64. The number of isocyanates is 1. The van der Waals surface area contributed by atoms with Crippen LogP contribution in [-0.2, 0) is 24.1 Å². The molecule has 0 fully saturated rings. The molecular weight excluding hydrogens is 186 g/mol. The molecule has 0 bridgehead atoms. The zero-order valence-corrected chi connectivity index (χ0v) is 8.84. The van der Waals surface area contributed by atoms with Gasteiger partial charge in [0.15, 0.2) is 0 Å². The van der Waals surface area contributed by atoms with Gasteiger partial charge in [0.1, 0.15) is 0 Å². The van der Waals surface area contributed by atoms with Crippen LogP contribution in [0.4, 0.5) is 5.69 Å². The van der Waals surface area contributed by atoms with Crippen molar-refractivity contribution in [1.29, 1.82) is 0 Å². The molecule has 0 heterocycles. The first-order valence-electron chi connectivity index (χ1n) is 5.56. The van der Waals surface area contributed by atoms with E-state index in [1.807, 2.05) is 0 Å². The van der Waals surface area contributed by atoms with Gasteiger partial charge in [0.25, 0.3) is 0 Å². The van der Waals surface area contributed by atoms with Gasteiger partial charge in [-0.2, -0.15) is 4.99 Å². The third-order valence-electron chi connectivity index (χ3n) is 3.67. The number of fused-ring (bicyclic) bond motifs is 2. The molecule has 0 radical (unpaired) electrons. The van der Waals surface area contributed by atoms with Crippen molar-refractivity contribution in [2.75, 3.05) is 0 Å². The summed E-state index contributed by atoms with van der Waals surface area (Å²) >= 11 is 0. The van der Waals surface area contributed by atoms with E-state index in [-0.39, 0.29) is 0 Å². The Kier molecular flexibility index (Phi) is 1.80. The van der Waals surface area contributed by atoms with Crippen LogP contribution in [0.3, 0.4) is 0 Å². The predicted molar refractivity (Wildman–Crippen MR) is 58.4 cm³/mol. The van der Waals surface area contributed by atoms with Crippen molar-refractivity contribution < 1.29 is 4.79 Å². The van der Waals surface area contributed by atoms with Crippen molar-refractivity contribution in [3.8, 4) is 0 Å². The largest absolute Gasteiger partial charge is 0.240 e. The van der Waals surface area contributed by atoms with Crippen molar-refractivity contribution >= 4 is 11.8 Å². The summed E-state index contributed by atoms with van der Waals surface area (Å²) in [5.74, 6) is 0.568. The van der Waals surface area contributed by atoms with Crippen LogP contribution in [-0.4, -0.2) is 6.08 Å². The van der Waals surface area contributed by atoms with E-state index in [0.29, 0.717) is 5.92 Å². The first kappa shape index (κ1) is 8.87. The van der Waals surface area contributed by atoms with E-state index in [1.54, 1.807) is 6.08 Å². The molecule has 2 nitrogen and oxygen atoms in total. The van der Waals surface area contributed by atoms with Gasteiger partial charge in [-0.05, 0) is 53.9 Å². The van der Waals surface area contributed by atoms with Crippen molar-refractivity contribution in [3.05, 3.63) is 28.3 Å². The maximum Gasteiger partial charge on any atom is 0.240 e. The fraction of sp³-hybridized carbons (Fsp3) is 0.462. The van der Waals surface area contributed by atoms with E-state index in [1.165, 1.54) is 28.7 Å². The number of rotatable bonds is 1. The Morgan fingerprint density at radius 1 is 1.40 bits per heavy atom. The van der Waals surface area contributed by atoms with Gasteiger partial charge in [0, 0.05) is 0 Å². The minimum absolute atomic E-state index is 0.568. The fourth-order valence-electron chi connectivity index (χ4n) is 2.99. The van der Waals surface area contributed by atoms with Crippen LogP contribution in [0.15, 0.2) is 11.1 Å². The zero-order valence-electron chi connectivity index (χ0n) is 8.84. The topological polar surface area (TPSA) is 29.4 Å². The standard InChI is InChI=1S/C13H13NO/c1-8-5-10-6-9-3-2-4-11(9)13(12(8)10)14-7-15/h6,8H,2-5H2,1H3/t8-/m0/s1.